The van der Waals surface area contributed by atoms with Crippen LogP contribution in [0.2, 0.25) is 0 Å². The molecule has 4 nitrogen and oxygen atoms in total. The number of H-pyrrole nitrogens is 1. The van der Waals surface area contributed by atoms with Gasteiger partial charge in [0.25, 0.3) is 5.56 Å². The normalized spacial score (nSPS) is 11.2. The van der Waals surface area contributed by atoms with Crippen LogP contribution < -0.4 is 5.56 Å². The molecule has 1 aromatic heterocycles. The summed E-state index contributed by atoms with van der Waals surface area (Å²) in [6, 6.07) is 8.92. The standard InChI is InChI=1S/C17H18N2O2/c1-10-7-12(14(9-18)16(21)19-10)13-8-11(17(2,3)4)5-6-15(13)20/h5-8,20H,1-4H3,(H,19,21). The van der Waals surface area contributed by atoms with Gasteiger partial charge in [0.15, 0.2) is 0 Å². The SMILES string of the molecule is Cc1cc(-c2cc(C(C)(C)C)ccc2O)c(C#N)c(=O)[nH]1. The minimum atomic E-state index is -0.437. The van der Waals surface area contributed by atoms with E-state index in [1.165, 1.54) is 0 Å². The zero-order valence-corrected chi connectivity index (χ0v) is 12.6. The molecule has 0 aliphatic heterocycles. The summed E-state index contributed by atoms with van der Waals surface area (Å²) in [6.07, 6.45) is 0. The van der Waals surface area contributed by atoms with Gasteiger partial charge in [-0.3, -0.25) is 4.79 Å². The fraction of sp³-hybridized carbons (Fsp3) is 0.294. The van der Waals surface area contributed by atoms with Crippen LogP contribution in [0.25, 0.3) is 11.1 Å². The molecule has 0 atom stereocenters. The van der Waals surface area contributed by atoms with Gasteiger partial charge < -0.3 is 10.1 Å². The van der Waals surface area contributed by atoms with Crippen molar-refractivity contribution < 1.29 is 5.11 Å². The van der Waals surface area contributed by atoms with Gasteiger partial charge in [-0.25, -0.2) is 0 Å². The van der Waals surface area contributed by atoms with E-state index in [2.05, 4.69) is 25.8 Å². The average Bonchev–Trinajstić information content (AvgIpc) is 2.37. The fourth-order valence-corrected chi connectivity index (χ4v) is 2.23. The first-order valence-corrected chi connectivity index (χ1v) is 6.72. The number of nitriles is 1. The lowest BCUT2D eigenvalue weighted by Gasteiger charge is -2.20. The number of hydrogen-bond acceptors (Lipinski definition) is 3. The molecule has 21 heavy (non-hydrogen) atoms. The number of aryl methyl sites for hydroxylation is 1. The lowest BCUT2D eigenvalue weighted by molar-refractivity contribution is 0.476. The second-order valence-electron chi connectivity index (χ2n) is 6.16. The summed E-state index contributed by atoms with van der Waals surface area (Å²) in [4.78, 5) is 14.5. The van der Waals surface area contributed by atoms with Crippen LogP contribution in [-0.4, -0.2) is 10.1 Å². The van der Waals surface area contributed by atoms with E-state index in [0.717, 1.165) is 5.56 Å². The molecule has 2 aromatic rings. The molecule has 0 saturated carbocycles. The Morgan fingerprint density at radius 3 is 2.43 bits per heavy atom. The first-order chi connectivity index (χ1) is 9.74. The molecule has 0 radical (unpaired) electrons. The number of nitrogens with one attached hydrogen (secondary N) is 1. The third-order valence-electron chi connectivity index (χ3n) is 3.43. The van der Waals surface area contributed by atoms with Crippen molar-refractivity contribution in [1.82, 2.24) is 4.98 Å². The molecule has 1 heterocycles. The second kappa shape index (κ2) is 5.10. The van der Waals surface area contributed by atoms with Crippen LogP contribution in [0.1, 0.15) is 37.6 Å². The Labute approximate surface area is 123 Å². The van der Waals surface area contributed by atoms with Crippen molar-refractivity contribution in [2.75, 3.05) is 0 Å². The summed E-state index contributed by atoms with van der Waals surface area (Å²) in [5.41, 5.74) is 2.13. The Balaban J connectivity index is 2.79. The topological polar surface area (TPSA) is 76.9 Å². The number of pyridine rings is 1. The van der Waals surface area contributed by atoms with Crippen LogP contribution in [0.4, 0.5) is 0 Å². The van der Waals surface area contributed by atoms with Gasteiger partial charge in [-0.1, -0.05) is 26.8 Å². The maximum atomic E-state index is 11.9. The maximum absolute atomic E-state index is 11.9. The molecule has 4 heteroatoms. The summed E-state index contributed by atoms with van der Waals surface area (Å²) >= 11 is 0. The Morgan fingerprint density at radius 1 is 1.19 bits per heavy atom. The third kappa shape index (κ3) is 2.82. The highest BCUT2D eigenvalue weighted by atomic mass is 16.3. The van der Waals surface area contributed by atoms with E-state index < -0.39 is 5.56 Å². The molecule has 2 N–H and O–H groups in total. The predicted molar refractivity (Wildman–Crippen MR) is 82.3 cm³/mol. The predicted octanol–water partition coefficient (Wildman–Crippen LogP) is 3.23. The lowest BCUT2D eigenvalue weighted by atomic mass is 9.85. The smallest absolute Gasteiger partial charge is 0.266 e. The van der Waals surface area contributed by atoms with Gasteiger partial charge in [-0.2, -0.15) is 5.26 Å². The summed E-state index contributed by atoms with van der Waals surface area (Å²) in [7, 11) is 0. The average molecular weight is 282 g/mol. The van der Waals surface area contributed by atoms with E-state index >= 15 is 0 Å². The van der Waals surface area contributed by atoms with Crippen LogP contribution in [-0.2, 0) is 5.41 Å². The molecular weight excluding hydrogens is 264 g/mol. The van der Waals surface area contributed by atoms with E-state index in [-0.39, 0.29) is 16.7 Å². The number of hydrogen-bond donors (Lipinski definition) is 2. The van der Waals surface area contributed by atoms with Crippen LogP contribution in [0, 0.1) is 18.3 Å². The molecule has 0 bridgehead atoms. The summed E-state index contributed by atoms with van der Waals surface area (Å²) in [5.74, 6) is 0.0597. The first-order valence-electron chi connectivity index (χ1n) is 6.72. The van der Waals surface area contributed by atoms with Crippen molar-refractivity contribution in [3.63, 3.8) is 0 Å². The molecule has 0 aliphatic rings. The van der Waals surface area contributed by atoms with Gasteiger partial charge in [0.1, 0.15) is 17.4 Å². The Bertz CT molecular complexity index is 790. The van der Waals surface area contributed by atoms with Gasteiger partial charge in [0, 0.05) is 16.8 Å². The summed E-state index contributed by atoms with van der Waals surface area (Å²) in [5, 5.41) is 19.4. The van der Waals surface area contributed by atoms with E-state index in [1.54, 1.807) is 19.1 Å². The fourth-order valence-electron chi connectivity index (χ4n) is 2.23. The summed E-state index contributed by atoms with van der Waals surface area (Å²) in [6.45, 7) is 7.95. The van der Waals surface area contributed by atoms with Crippen molar-refractivity contribution in [3.8, 4) is 22.9 Å². The van der Waals surface area contributed by atoms with Crippen molar-refractivity contribution in [3.05, 3.63) is 51.4 Å². The van der Waals surface area contributed by atoms with Gasteiger partial charge in [0.05, 0.1) is 0 Å². The Morgan fingerprint density at radius 2 is 1.86 bits per heavy atom. The number of aromatic hydroxyl groups is 1. The highest BCUT2D eigenvalue weighted by Crippen LogP contribution is 2.35. The largest absolute Gasteiger partial charge is 0.507 e. The minimum absolute atomic E-state index is 0.0157. The zero-order valence-electron chi connectivity index (χ0n) is 12.6. The van der Waals surface area contributed by atoms with Crippen molar-refractivity contribution in [2.45, 2.75) is 33.1 Å². The number of aromatic nitrogens is 1. The molecule has 0 amide bonds. The van der Waals surface area contributed by atoms with Crippen molar-refractivity contribution >= 4 is 0 Å². The number of phenols is 1. The van der Waals surface area contributed by atoms with Gasteiger partial charge >= 0.3 is 0 Å². The molecule has 0 spiro atoms. The number of nitrogens with zero attached hydrogens (tertiary/aromatic N) is 1. The van der Waals surface area contributed by atoms with Gasteiger partial charge in [-0.05, 0) is 36.1 Å². The van der Waals surface area contributed by atoms with E-state index in [0.29, 0.717) is 16.8 Å². The highest BCUT2D eigenvalue weighted by molar-refractivity contribution is 5.76. The second-order valence-corrected chi connectivity index (χ2v) is 6.16. The molecule has 2 rings (SSSR count). The molecule has 108 valence electrons. The molecule has 0 aliphatic carbocycles. The number of phenolic OH excluding ortho intramolecular Hbond substituents is 1. The van der Waals surface area contributed by atoms with Gasteiger partial charge in [0.2, 0.25) is 0 Å². The molecular formula is C17H18N2O2. The van der Waals surface area contributed by atoms with E-state index in [4.69, 9.17) is 0 Å². The third-order valence-corrected chi connectivity index (χ3v) is 3.43. The van der Waals surface area contributed by atoms with E-state index in [1.807, 2.05) is 18.2 Å². The van der Waals surface area contributed by atoms with E-state index in [9.17, 15) is 15.2 Å². The first kappa shape index (κ1) is 14.9. The Kier molecular flexibility index (Phi) is 3.61. The van der Waals surface area contributed by atoms with Crippen LogP contribution >= 0.6 is 0 Å². The highest BCUT2D eigenvalue weighted by Gasteiger charge is 2.18. The minimum Gasteiger partial charge on any atom is -0.507 e. The Hall–Kier alpha value is -2.54. The quantitative estimate of drug-likeness (QED) is 0.843. The summed E-state index contributed by atoms with van der Waals surface area (Å²) < 4.78 is 0. The number of aromatic amines is 1. The van der Waals surface area contributed by atoms with Crippen LogP contribution in [0.15, 0.2) is 29.1 Å². The zero-order chi connectivity index (χ0) is 15.8. The van der Waals surface area contributed by atoms with Crippen molar-refractivity contribution in [1.29, 1.82) is 5.26 Å². The lowest BCUT2D eigenvalue weighted by Crippen LogP contribution is -2.14. The van der Waals surface area contributed by atoms with Crippen molar-refractivity contribution in [2.24, 2.45) is 0 Å². The molecule has 1 aromatic carbocycles. The molecule has 0 saturated heterocycles. The van der Waals surface area contributed by atoms with Gasteiger partial charge in [-0.15, -0.1) is 0 Å². The molecule has 0 unspecified atom stereocenters. The maximum Gasteiger partial charge on any atom is 0.266 e. The number of rotatable bonds is 1. The number of benzene rings is 1. The monoisotopic (exact) mass is 282 g/mol. The van der Waals surface area contributed by atoms with Crippen LogP contribution in [0.5, 0.6) is 5.75 Å². The molecule has 0 fully saturated rings. The van der Waals surface area contributed by atoms with Crippen LogP contribution in [0.3, 0.4) is 0 Å².